The number of hydrogen-bond donors (Lipinski definition) is 0. The monoisotopic (exact) mass is 723 g/mol. The molecule has 6 rings (SSSR count). The first kappa shape index (κ1) is 37.4. The van der Waals surface area contributed by atoms with Crippen molar-refractivity contribution in [2.45, 2.75) is 33.4 Å². The summed E-state index contributed by atoms with van der Waals surface area (Å²) in [5.41, 5.74) is 7.53. The van der Waals surface area contributed by atoms with E-state index in [-0.39, 0.29) is 12.4 Å². The molecule has 0 amide bonds. The third-order valence-corrected chi connectivity index (χ3v) is 9.13. The van der Waals surface area contributed by atoms with Gasteiger partial charge in [-0.1, -0.05) is 66.2 Å². The smallest absolute Gasteiger partial charge is 0.219 e. The molecule has 0 bridgehead atoms. The molecule has 0 unspecified atom stereocenters. The van der Waals surface area contributed by atoms with Gasteiger partial charge in [-0.15, -0.1) is 12.4 Å². The predicted octanol–water partition coefficient (Wildman–Crippen LogP) is 9.12. The standard InChI is InChI=1S/C42H42ClN3O4.ClH/c1-31-6-5-8-37(26-31)48-25-19-33-10-12-34(13-11-33)29-45-20-22-46(23-21-45)40(18-24-47)35-14-16-41(32(2)27-35)50-42-17-15-38(28-44-42)49-30-36-7-3-4-9-39(36)43;/h3-18,24,26-28H,19-23,25,29-30H2,1-2H3;1H/b40-18+;. The van der Waals surface area contributed by atoms with Crippen molar-refractivity contribution >= 4 is 36.0 Å². The number of nitrogens with zero attached hydrogens (tertiary/aromatic N) is 3. The summed E-state index contributed by atoms with van der Waals surface area (Å²) >= 11 is 6.23. The fourth-order valence-electron chi connectivity index (χ4n) is 5.98. The Labute approximate surface area is 311 Å². The first-order valence-electron chi connectivity index (χ1n) is 16.9. The quantitative estimate of drug-likeness (QED) is 0.0837. The molecule has 1 aliphatic rings. The molecule has 264 valence electrons. The summed E-state index contributed by atoms with van der Waals surface area (Å²) in [5, 5.41) is 0.669. The maximum atomic E-state index is 11.7. The number of halogens is 2. The molecule has 1 saturated heterocycles. The maximum Gasteiger partial charge on any atom is 0.219 e. The SMILES string of the molecule is Cc1cccc(OCCc2ccc(CN3CCN(/C(=C/C=O)c4ccc(Oc5ccc(OCc6ccccc6Cl)cn5)c(C)c4)CC3)cc2)c1.Cl. The second kappa shape index (κ2) is 18.4. The molecule has 1 aliphatic heterocycles. The fourth-order valence-corrected chi connectivity index (χ4v) is 6.17. The van der Waals surface area contributed by atoms with E-state index in [1.165, 1.54) is 16.7 Å². The van der Waals surface area contributed by atoms with Gasteiger partial charge in [-0.2, -0.15) is 0 Å². The molecule has 0 atom stereocenters. The van der Waals surface area contributed by atoms with Gasteiger partial charge in [-0.3, -0.25) is 9.69 Å². The molecule has 0 spiro atoms. The van der Waals surface area contributed by atoms with Crippen LogP contribution in [-0.4, -0.2) is 53.9 Å². The number of hydrogen-bond acceptors (Lipinski definition) is 7. The summed E-state index contributed by atoms with van der Waals surface area (Å²) in [6.07, 6.45) is 5.04. The van der Waals surface area contributed by atoms with Crippen molar-refractivity contribution in [2.24, 2.45) is 0 Å². The Morgan fingerprint density at radius 3 is 2.31 bits per heavy atom. The number of aryl methyl sites for hydroxylation is 2. The van der Waals surface area contributed by atoms with Crippen molar-refractivity contribution in [3.8, 4) is 23.1 Å². The highest BCUT2D eigenvalue weighted by Crippen LogP contribution is 2.30. The minimum absolute atomic E-state index is 0. The minimum atomic E-state index is 0. The number of ether oxygens (including phenoxy) is 3. The predicted molar refractivity (Wildman–Crippen MR) is 206 cm³/mol. The minimum Gasteiger partial charge on any atom is -0.493 e. The number of aldehydes is 1. The molecule has 1 fully saturated rings. The molecular formula is C42H43Cl2N3O4. The van der Waals surface area contributed by atoms with E-state index in [1.807, 2.05) is 61.5 Å². The number of piperazine rings is 1. The number of carbonyl (C=O) groups is 1. The van der Waals surface area contributed by atoms with Gasteiger partial charge < -0.3 is 19.1 Å². The Hall–Kier alpha value is -4.82. The molecule has 9 heteroatoms. The summed E-state index contributed by atoms with van der Waals surface area (Å²) in [4.78, 5) is 20.9. The molecule has 2 heterocycles. The normalized spacial score (nSPS) is 13.3. The van der Waals surface area contributed by atoms with Crippen LogP contribution in [0.4, 0.5) is 0 Å². The molecule has 51 heavy (non-hydrogen) atoms. The Morgan fingerprint density at radius 1 is 0.824 bits per heavy atom. The largest absolute Gasteiger partial charge is 0.493 e. The molecule has 0 N–H and O–H groups in total. The number of rotatable bonds is 14. The van der Waals surface area contributed by atoms with Crippen LogP contribution in [0.2, 0.25) is 5.02 Å². The van der Waals surface area contributed by atoms with E-state index in [0.29, 0.717) is 35.6 Å². The summed E-state index contributed by atoms with van der Waals surface area (Å²) in [6, 6.07) is 34.2. The molecule has 1 aromatic heterocycles. The topological polar surface area (TPSA) is 64.1 Å². The van der Waals surface area contributed by atoms with E-state index in [9.17, 15) is 4.79 Å². The van der Waals surface area contributed by atoms with Crippen LogP contribution in [0.1, 0.15) is 33.4 Å². The van der Waals surface area contributed by atoms with Crippen LogP contribution < -0.4 is 14.2 Å². The van der Waals surface area contributed by atoms with Gasteiger partial charge in [-0.05, 0) is 84.1 Å². The number of aromatic nitrogens is 1. The van der Waals surface area contributed by atoms with E-state index in [1.54, 1.807) is 18.3 Å². The van der Waals surface area contributed by atoms with Crippen LogP contribution in [0, 0.1) is 13.8 Å². The lowest BCUT2D eigenvalue weighted by molar-refractivity contribution is -0.104. The molecule has 4 aromatic carbocycles. The number of pyridine rings is 1. The number of carbonyl (C=O) groups excluding carboxylic acids is 1. The average Bonchev–Trinajstić information content (AvgIpc) is 3.13. The highest BCUT2D eigenvalue weighted by atomic mass is 35.5. The molecule has 0 radical (unpaired) electrons. The van der Waals surface area contributed by atoms with Gasteiger partial charge in [0.1, 0.15) is 30.1 Å². The van der Waals surface area contributed by atoms with Gasteiger partial charge in [0, 0.05) is 67.6 Å². The third-order valence-electron chi connectivity index (χ3n) is 8.76. The zero-order chi connectivity index (χ0) is 34.7. The summed E-state index contributed by atoms with van der Waals surface area (Å²) < 4.78 is 17.9. The van der Waals surface area contributed by atoms with Crippen LogP contribution in [0.3, 0.4) is 0 Å². The lowest BCUT2D eigenvalue weighted by Crippen LogP contribution is -2.45. The molecule has 0 aliphatic carbocycles. The van der Waals surface area contributed by atoms with Crippen LogP contribution in [0.25, 0.3) is 5.70 Å². The van der Waals surface area contributed by atoms with Crippen molar-refractivity contribution in [1.82, 2.24) is 14.8 Å². The van der Waals surface area contributed by atoms with Crippen molar-refractivity contribution in [3.05, 3.63) is 154 Å². The van der Waals surface area contributed by atoms with Gasteiger partial charge in [0.25, 0.3) is 0 Å². The Kier molecular flexibility index (Phi) is 13.5. The van der Waals surface area contributed by atoms with E-state index in [2.05, 4.69) is 64.2 Å². The molecule has 5 aromatic rings. The highest BCUT2D eigenvalue weighted by Gasteiger charge is 2.20. The lowest BCUT2D eigenvalue weighted by atomic mass is 10.1. The Balaban J connectivity index is 0.00000504. The maximum absolute atomic E-state index is 11.7. The van der Waals surface area contributed by atoms with Crippen molar-refractivity contribution in [1.29, 1.82) is 0 Å². The van der Waals surface area contributed by atoms with E-state index in [4.69, 9.17) is 25.8 Å². The molecule has 7 nitrogen and oxygen atoms in total. The van der Waals surface area contributed by atoms with Crippen molar-refractivity contribution in [3.63, 3.8) is 0 Å². The van der Waals surface area contributed by atoms with Crippen LogP contribution in [0.15, 0.2) is 115 Å². The summed E-state index contributed by atoms with van der Waals surface area (Å²) in [6.45, 7) is 9.47. The van der Waals surface area contributed by atoms with Gasteiger partial charge >= 0.3 is 0 Å². The van der Waals surface area contributed by atoms with Crippen LogP contribution in [-0.2, 0) is 24.4 Å². The summed E-state index contributed by atoms with van der Waals surface area (Å²) in [7, 11) is 0. The van der Waals surface area contributed by atoms with E-state index < -0.39 is 0 Å². The summed E-state index contributed by atoms with van der Waals surface area (Å²) in [5.74, 6) is 2.71. The van der Waals surface area contributed by atoms with Crippen LogP contribution in [0.5, 0.6) is 23.1 Å². The molecular weight excluding hydrogens is 681 g/mol. The van der Waals surface area contributed by atoms with Gasteiger partial charge in [0.05, 0.1) is 12.8 Å². The van der Waals surface area contributed by atoms with Gasteiger partial charge in [0.15, 0.2) is 0 Å². The molecule has 0 saturated carbocycles. The van der Waals surface area contributed by atoms with Gasteiger partial charge in [0.2, 0.25) is 5.88 Å². The highest BCUT2D eigenvalue weighted by molar-refractivity contribution is 6.31. The second-order valence-electron chi connectivity index (χ2n) is 12.5. The van der Waals surface area contributed by atoms with Gasteiger partial charge in [-0.25, -0.2) is 4.98 Å². The number of allylic oxidation sites excluding steroid dienone is 1. The first-order chi connectivity index (χ1) is 24.4. The van der Waals surface area contributed by atoms with Crippen molar-refractivity contribution in [2.75, 3.05) is 32.8 Å². The Bertz CT molecular complexity index is 1910. The second-order valence-corrected chi connectivity index (χ2v) is 12.9. The van der Waals surface area contributed by atoms with E-state index >= 15 is 0 Å². The average molecular weight is 725 g/mol. The van der Waals surface area contributed by atoms with Crippen molar-refractivity contribution < 1.29 is 19.0 Å². The van der Waals surface area contributed by atoms with Crippen LogP contribution >= 0.6 is 24.0 Å². The van der Waals surface area contributed by atoms with E-state index in [0.717, 1.165) is 73.6 Å². The zero-order valence-electron chi connectivity index (χ0n) is 29.0. The fraction of sp³-hybridized carbons (Fsp3) is 0.238. The zero-order valence-corrected chi connectivity index (χ0v) is 30.5. The first-order valence-corrected chi connectivity index (χ1v) is 17.3. The Morgan fingerprint density at radius 2 is 1.61 bits per heavy atom. The number of benzene rings is 4. The third kappa shape index (κ3) is 10.6. The lowest BCUT2D eigenvalue weighted by Gasteiger charge is -2.37.